The van der Waals surface area contributed by atoms with E-state index in [1.165, 1.54) is 4.90 Å². The number of fused-ring (bicyclic) bond motifs is 1. The van der Waals surface area contributed by atoms with Crippen molar-refractivity contribution in [3.63, 3.8) is 0 Å². The molecular weight excluding hydrogens is 198 g/mol. The number of amides is 1. The quantitative estimate of drug-likeness (QED) is 0.744. The fourth-order valence-electron chi connectivity index (χ4n) is 1.68. The standard InChI is InChI=1S/C9H11N3O3/c1-6-4-7-11(5-9(14)15)8(13)2-3-12(7)10-6/h4H,2-3,5H2,1H3,(H,14,15). The summed E-state index contributed by atoms with van der Waals surface area (Å²) in [5.41, 5.74) is 0.787. The molecular formula is C9H11N3O3. The Labute approximate surface area is 86.1 Å². The van der Waals surface area contributed by atoms with Gasteiger partial charge in [0.25, 0.3) is 0 Å². The van der Waals surface area contributed by atoms with E-state index < -0.39 is 5.97 Å². The van der Waals surface area contributed by atoms with Crippen LogP contribution in [-0.4, -0.2) is 33.3 Å². The fourth-order valence-corrected chi connectivity index (χ4v) is 1.68. The largest absolute Gasteiger partial charge is 0.480 e. The van der Waals surface area contributed by atoms with Gasteiger partial charge in [-0.2, -0.15) is 5.10 Å². The number of aryl methyl sites for hydroxylation is 2. The Morgan fingerprint density at radius 2 is 2.40 bits per heavy atom. The first-order valence-corrected chi connectivity index (χ1v) is 4.64. The van der Waals surface area contributed by atoms with Crippen LogP contribution in [0.2, 0.25) is 0 Å². The number of carboxylic acid groups (broad SMARTS) is 1. The van der Waals surface area contributed by atoms with Gasteiger partial charge in [0, 0.05) is 12.5 Å². The SMILES string of the molecule is Cc1cc2n(n1)CCC(=O)N2CC(=O)O. The lowest BCUT2D eigenvalue weighted by Gasteiger charge is -2.25. The first-order valence-electron chi connectivity index (χ1n) is 4.64. The number of hydrogen-bond donors (Lipinski definition) is 1. The summed E-state index contributed by atoms with van der Waals surface area (Å²) < 4.78 is 1.67. The average Bonchev–Trinajstić information content (AvgIpc) is 2.51. The minimum Gasteiger partial charge on any atom is -0.480 e. The molecule has 0 radical (unpaired) electrons. The second kappa shape index (κ2) is 3.38. The number of hydrogen-bond acceptors (Lipinski definition) is 3. The normalized spacial score (nSPS) is 15.3. The summed E-state index contributed by atoms with van der Waals surface area (Å²) in [7, 11) is 0. The smallest absolute Gasteiger partial charge is 0.323 e. The summed E-state index contributed by atoms with van der Waals surface area (Å²) >= 11 is 0. The third-order valence-electron chi connectivity index (χ3n) is 2.29. The number of aliphatic carboxylic acids is 1. The predicted molar refractivity (Wildman–Crippen MR) is 51.6 cm³/mol. The van der Waals surface area contributed by atoms with E-state index in [1.807, 2.05) is 6.92 Å². The molecule has 0 bridgehead atoms. The maximum absolute atomic E-state index is 11.5. The Morgan fingerprint density at radius 1 is 1.67 bits per heavy atom. The van der Waals surface area contributed by atoms with E-state index in [4.69, 9.17) is 5.11 Å². The van der Waals surface area contributed by atoms with Crippen LogP contribution in [0.3, 0.4) is 0 Å². The number of nitrogens with zero attached hydrogens (tertiary/aromatic N) is 3. The van der Waals surface area contributed by atoms with Crippen molar-refractivity contribution in [3.8, 4) is 0 Å². The maximum atomic E-state index is 11.5. The third kappa shape index (κ3) is 1.70. The first-order chi connectivity index (χ1) is 7.08. The second-order valence-corrected chi connectivity index (χ2v) is 3.49. The highest BCUT2D eigenvalue weighted by atomic mass is 16.4. The molecule has 1 N–H and O–H groups in total. The topological polar surface area (TPSA) is 75.4 Å². The molecule has 1 aromatic heterocycles. The maximum Gasteiger partial charge on any atom is 0.323 e. The number of anilines is 1. The number of carbonyl (C=O) groups is 2. The lowest BCUT2D eigenvalue weighted by Crippen LogP contribution is -2.40. The van der Waals surface area contributed by atoms with E-state index in [9.17, 15) is 9.59 Å². The zero-order chi connectivity index (χ0) is 11.0. The van der Waals surface area contributed by atoms with Crippen LogP contribution in [0.5, 0.6) is 0 Å². The van der Waals surface area contributed by atoms with Gasteiger partial charge in [-0.1, -0.05) is 0 Å². The Hall–Kier alpha value is -1.85. The van der Waals surface area contributed by atoms with Gasteiger partial charge in [0.1, 0.15) is 12.4 Å². The van der Waals surface area contributed by atoms with Gasteiger partial charge in [-0.25, -0.2) is 4.68 Å². The van der Waals surface area contributed by atoms with E-state index in [0.29, 0.717) is 18.8 Å². The molecule has 0 fully saturated rings. The molecule has 1 aromatic rings. The van der Waals surface area contributed by atoms with E-state index in [2.05, 4.69) is 5.10 Å². The molecule has 15 heavy (non-hydrogen) atoms. The van der Waals surface area contributed by atoms with Crippen molar-refractivity contribution in [2.24, 2.45) is 0 Å². The predicted octanol–water partition coefficient (Wildman–Crippen LogP) is 0.0128. The molecule has 80 valence electrons. The highest BCUT2D eigenvalue weighted by molar-refractivity contribution is 5.97. The lowest BCUT2D eigenvalue weighted by molar-refractivity contribution is -0.136. The van der Waals surface area contributed by atoms with Gasteiger partial charge in [0.05, 0.1) is 12.2 Å². The molecule has 1 aliphatic heterocycles. The van der Waals surface area contributed by atoms with Crippen LogP contribution in [0.15, 0.2) is 6.07 Å². The summed E-state index contributed by atoms with van der Waals surface area (Å²) in [5.74, 6) is -0.605. The Bertz CT molecular complexity index is 424. The minimum absolute atomic E-state index is 0.162. The van der Waals surface area contributed by atoms with Gasteiger partial charge in [0.15, 0.2) is 0 Å². The van der Waals surface area contributed by atoms with Crippen molar-refractivity contribution in [3.05, 3.63) is 11.8 Å². The summed E-state index contributed by atoms with van der Waals surface area (Å²) in [4.78, 5) is 23.4. The summed E-state index contributed by atoms with van der Waals surface area (Å²) in [6.45, 7) is 2.04. The lowest BCUT2D eigenvalue weighted by atomic mass is 10.3. The van der Waals surface area contributed by atoms with Crippen molar-refractivity contribution in [2.75, 3.05) is 11.4 Å². The van der Waals surface area contributed by atoms with E-state index >= 15 is 0 Å². The van der Waals surface area contributed by atoms with Crippen molar-refractivity contribution in [2.45, 2.75) is 19.9 Å². The summed E-state index contributed by atoms with van der Waals surface area (Å²) in [6, 6.07) is 1.72. The molecule has 1 aliphatic rings. The van der Waals surface area contributed by atoms with Gasteiger partial charge in [-0.15, -0.1) is 0 Å². The molecule has 2 heterocycles. The molecule has 6 heteroatoms. The number of carboxylic acids is 1. The molecule has 0 aliphatic carbocycles. The van der Waals surface area contributed by atoms with Crippen molar-refractivity contribution < 1.29 is 14.7 Å². The van der Waals surface area contributed by atoms with Gasteiger partial charge >= 0.3 is 5.97 Å². The highest BCUT2D eigenvalue weighted by Crippen LogP contribution is 2.21. The van der Waals surface area contributed by atoms with Crippen molar-refractivity contribution in [1.29, 1.82) is 0 Å². The second-order valence-electron chi connectivity index (χ2n) is 3.49. The highest BCUT2D eigenvalue weighted by Gasteiger charge is 2.26. The van der Waals surface area contributed by atoms with Gasteiger partial charge in [-0.05, 0) is 6.92 Å². The van der Waals surface area contributed by atoms with Crippen LogP contribution < -0.4 is 4.90 Å². The van der Waals surface area contributed by atoms with Gasteiger partial charge < -0.3 is 5.11 Å². The molecule has 0 aromatic carbocycles. The van der Waals surface area contributed by atoms with Crippen LogP contribution in [0, 0.1) is 6.92 Å². The van der Waals surface area contributed by atoms with Gasteiger partial charge in [0.2, 0.25) is 5.91 Å². The minimum atomic E-state index is -1.02. The molecule has 1 amide bonds. The molecule has 0 spiro atoms. The number of rotatable bonds is 2. The van der Waals surface area contributed by atoms with Crippen LogP contribution in [0.1, 0.15) is 12.1 Å². The zero-order valence-electron chi connectivity index (χ0n) is 8.30. The molecule has 2 rings (SSSR count). The molecule has 0 saturated heterocycles. The van der Waals surface area contributed by atoms with Gasteiger partial charge in [-0.3, -0.25) is 14.5 Å². The third-order valence-corrected chi connectivity index (χ3v) is 2.29. The molecule has 0 atom stereocenters. The Morgan fingerprint density at radius 3 is 3.07 bits per heavy atom. The van der Waals surface area contributed by atoms with Crippen molar-refractivity contribution >= 4 is 17.7 Å². The van der Waals surface area contributed by atoms with E-state index in [0.717, 1.165) is 5.69 Å². The fraction of sp³-hybridized carbons (Fsp3) is 0.444. The summed E-state index contributed by atoms with van der Waals surface area (Å²) in [6.07, 6.45) is 0.307. The average molecular weight is 209 g/mol. The van der Waals surface area contributed by atoms with Crippen LogP contribution in [-0.2, 0) is 16.1 Å². The van der Waals surface area contributed by atoms with E-state index in [-0.39, 0.29) is 12.5 Å². The van der Waals surface area contributed by atoms with Crippen LogP contribution in [0.4, 0.5) is 5.82 Å². The Balaban J connectivity index is 2.36. The van der Waals surface area contributed by atoms with Crippen LogP contribution >= 0.6 is 0 Å². The number of carbonyl (C=O) groups excluding carboxylic acids is 1. The van der Waals surface area contributed by atoms with Crippen molar-refractivity contribution in [1.82, 2.24) is 9.78 Å². The molecule has 0 unspecified atom stereocenters. The molecule has 0 saturated carbocycles. The Kier molecular flexibility index (Phi) is 2.18. The van der Waals surface area contributed by atoms with Crippen LogP contribution in [0.25, 0.3) is 0 Å². The number of aromatic nitrogens is 2. The van der Waals surface area contributed by atoms with E-state index in [1.54, 1.807) is 10.7 Å². The summed E-state index contributed by atoms with van der Waals surface area (Å²) in [5, 5.41) is 12.9. The monoisotopic (exact) mass is 209 g/mol. The first kappa shape index (κ1) is 9.70. The molecule has 6 nitrogen and oxygen atoms in total. The zero-order valence-corrected chi connectivity index (χ0v) is 8.30.